The Bertz CT molecular complexity index is 443. The monoisotopic (exact) mass is 288 g/mol. The van der Waals surface area contributed by atoms with Gasteiger partial charge in [0.05, 0.1) is 5.56 Å². The molecule has 2 rings (SSSR count). The maximum Gasteiger partial charge on any atom is 0.416 e. The lowest BCUT2D eigenvalue weighted by molar-refractivity contribution is -0.137. The number of hydrogen-bond donors (Lipinski definition) is 1. The number of rotatable bonds is 5. The van der Waals surface area contributed by atoms with Gasteiger partial charge in [0, 0.05) is 25.3 Å². The smallest absolute Gasteiger partial charge is 0.416 e. The Labute approximate surface area is 116 Å². The number of nitrogens with one attached hydrogen (secondary N) is 1. The predicted molar refractivity (Wildman–Crippen MR) is 72.2 cm³/mol. The van der Waals surface area contributed by atoms with E-state index in [1.54, 1.807) is 13.1 Å². The van der Waals surface area contributed by atoms with Crippen LogP contribution >= 0.6 is 0 Å². The number of benzene rings is 1. The molecule has 0 spiro atoms. The molecule has 0 bridgehead atoms. The minimum absolute atomic E-state index is 0.253. The van der Waals surface area contributed by atoms with Gasteiger partial charge in [0.1, 0.15) is 12.4 Å². The highest BCUT2D eigenvalue weighted by atomic mass is 19.4. The Hall–Kier alpha value is -1.43. The summed E-state index contributed by atoms with van der Waals surface area (Å²) in [5.41, 5.74) is -0.295. The largest absolute Gasteiger partial charge is 0.492 e. The van der Waals surface area contributed by atoms with Crippen LogP contribution < -0.4 is 10.1 Å². The average molecular weight is 288 g/mol. The SMILES string of the molecule is CNc1cc(OCCN2CCCC2)cc(C(F)(F)F)c1. The maximum atomic E-state index is 12.8. The molecular weight excluding hydrogens is 269 g/mol. The second-order valence-electron chi connectivity index (χ2n) is 4.89. The highest BCUT2D eigenvalue weighted by molar-refractivity contribution is 5.51. The van der Waals surface area contributed by atoms with Crippen LogP contribution in [-0.2, 0) is 6.18 Å². The summed E-state index contributed by atoms with van der Waals surface area (Å²) in [6.07, 6.45) is -1.99. The van der Waals surface area contributed by atoms with Gasteiger partial charge in [-0.05, 0) is 38.1 Å². The van der Waals surface area contributed by atoms with Crippen LogP contribution in [0.3, 0.4) is 0 Å². The van der Waals surface area contributed by atoms with Crippen molar-refractivity contribution in [3.63, 3.8) is 0 Å². The summed E-state index contributed by atoms with van der Waals surface area (Å²) >= 11 is 0. The molecule has 1 N–H and O–H groups in total. The summed E-state index contributed by atoms with van der Waals surface area (Å²) in [7, 11) is 1.59. The summed E-state index contributed by atoms with van der Waals surface area (Å²) < 4.78 is 43.7. The fraction of sp³-hybridized carbons (Fsp3) is 0.571. The van der Waals surface area contributed by atoms with Gasteiger partial charge in [0.15, 0.2) is 0 Å². The molecule has 0 aliphatic carbocycles. The molecule has 20 heavy (non-hydrogen) atoms. The molecule has 1 heterocycles. The molecule has 112 valence electrons. The Balaban J connectivity index is 1.98. The van der Waals surface area contributed by atoms with Crippen molar-refractivity contribution >= 4 is 5.69 Å². The third-order valence-electron chi connectivity index (χ3n) is 3.40. The molecule has 1 fully saturated rings. The molecule has 6 heteroatoms. The van der Waals surface area contributed by atoms with E-state index in [-0.39, 0.29) is 5.75 Å². The van der Waals surface area contributed by atoms with E-state index >= 15 is 0 Å². The number of alkyl halides is 3. The number of likely N-dealkylation sites (tertiary alicyclic amines) is 1. The van der Waals surface area contributed by atoms with Gasteiger partial charge in [0.25, 0.3) is 0 Å². The minimum Gasteiger partial charge on any atom is -0.492 e. The third kappa shape index (κ3) is 4.03. The zero-order valence-corrected chi connectivity index (χ0v) is 11.5. The number of halogens is 3. The summed E-state index contributed by atoms with van der Waals surface area (Å²) in [5, 5.41) is 2.72. The van der Waals surface area contributed by atoms with Crippen molar-refractivity contribution in [3.8, 4) is 5.75 Å². The molecule has 0 aromatic heterocycles. The minimum atomic E-state index is -4.36. The fourth-order valence-corrected chi connectivity index (χ4v) is 2.29. The lowest BCUT2D eigenvalue weighted by Crippen LogP contribution is -2.25. The van der Waals surface area contributed by atoms with E-state index in [0.717, 1.165) is 31.8 Å². The van der Waals surface area contributed by atoms with Crippen molar-refractivity contribution in [1.82, 2.24) is 4.90 Å². The van der Waals surface area contributed by atoms with E-state index in [0.29, 0.717) is 12.3 Å². The van der Waals surface area contributed by atoms with Crippen molar-refractivity contribution in [2.45, 2.75) is 19.0 Å². The van der Waals surface area contributed by atoms with E-state index in [4.69, 9.17) is 4.74 Å². The first kappa shape index (κ1) is 15.0. The first-order valence-corrected chi connectivity index (χ1v) is 6.74. The van der Waals surface area contributed by atoms with Crippen LogP contribution in [-0.4, -0.2) is 38.2 Å². The molecular formula is C14H19F3N2O. The molecule has 0 amide bonds. The fourth-order valence-electron chi connectivity index (χ4n) is 2.29. The molecule has 0 atom stereocenters. The van der Waals surface area contributed by atoms with Gasteiger partial charge in [-0.1, -0.05) is 0 Å². The van der Waals surface area contributed by atoms with Gasteiger partial charge >= 0.3 is 6.18 Å². The molecule has 1 aliphatic heterocycles. The molecule has 3 nitrogen and oxygen atoms in total. The zero-order chi connectivity index (χ0) is 14.6. The van der Waals surface area contributed by atoms with E-state index in [9.17, 15) is 13.2 Å². The summed E-state index contributed by atoms with van der Waals surface area (Å²) in [5.74, 6) is 0.253. The molecule has 1 aromatic rings. The highest BCUT2D eigenvalue weighted by Crippen LogP contribution is 2.34. The highest BCUT2D eigenvalue weighted by Gasteiger charge is 2.31. The van der Waals surface area contributed by atoms with Gasteiger partial charge in [-0.15, -0.1) is 0 Å². The molecule has 1 saturated heterocycles. The first-order chi connectivity index (χ1) is 9.49. The second-order valence-corrected chi connectivity index (χ2v) is 4.89. The van der Waals surface area contributed by atoms with Crippen LogP contribution in [0.15, 0.2) is 18.2 Å². The molecule has 1 aliphatic rings. The lowest BCUT2D eigenvalue weighted by Gasteiger charge is -2.16. The maximum absolute atomic E-state index is 12.8. The average Bonchev–Trinajstić information content (AvgIpc) is 2.90. The second kappa shape index (κ2) is 6.35. The Morgan fingerprint density at radius 3 is 2.50 bits per heavy atom. The quantitative estimate of drug-likeness (QED) is 0.900. The molecule has 0 saturated carbocycles. The zero-order valence-electron chi connectivity index (χ0n) is 11.5. The number of hydrogen-bond acceptors (Lipinski definition) is 3. The normalized spacial score (nSPS) is 16.4. The van der Waals surface area contributed by atoms with Gasteiger partial charge < -0.3 is 10.1 Å². The van der Waals surface area contributed by atoms with Gasteiger partial charge in [-0.2, -0.15) is 13.2 Å². The summed E-state index contributed by atoms with van der Waals surface area (Å²) in [6, 6.07) is 3.71. The van der Waals surface area contributed by atoms with E-state index in [2.05, 4.69) is 10.2 Å². The Morgan fingerprint density at radius 2 is 1.90 bits per heavy atom. The van der Waals surface area contributed by atoms with E-state index < -0.39 is 11.7 Å². The van der Waals surface area contributed by atoms with Crippen molar-refractivity contribution in [2.24, 2.45) is 0 Å². The van der Waals surface area contributed by atoms with Crippen molar-refractivity contribution < 1.29 is 17.9 Å². The van der Waals surface area contributed by atoms with E-state index in [1.165, 1.54) is 12.8 Å². The van der Waals surface area contributed by atoms with Crippen LogP contribution in [0.2, 0.25) is 0 Å². The first-order valence-electron chi connectivity index (χ1n) is 6.74. The van der Waals surface area contributed by atoms with Crippen LogP contribution in [0.4, 0.5) is 18.9 Å². The standard InChI is InChI=1S/C14H19F3N2O/c1-18-12-8-11(14(15,16)17)9-13(10-12)20-7-6-19-4-2-3-5-19/h8-10,18H,2-7H2,1H3. The van der Waals surface area contributed by atoms with Crippen LogP contribution in [0.25, 0.3) is 0 Å². The third-order valence-corrected chi connectivity index (χ3v) is 3.40. The number of nitrogens with zero attached hydrogens (tertiary/aromatic N) is 1. The summed E-state index contributed by atoms with van der Waals surface area (Å²) in [6.45, 7) is 3.26. The molecule has 0 radical (unpaired) electrons. The number of ether oxygens (including phenoxy) is 1. The van der Waals surface area contributed by atoms with Crippen molar-refractivity contribution in [1.29, 1.82) is 0 Å². The van der Waals surface area contributed by atoms with Gasteiger partial charge in [-0.3, -0.25) is 4.90 Å². The Morgan fingerprint density at radius 1 is 1.20 bits per heavy atom. The molecule has 1 aromatic carbocycles. The number of anilines is 1. The van der Waals surface area contributed by atoms with Crippen molar-refractivity contribution in [2.75, 3.05) is 38.6 Å². The topological polar surface area (TPSA) is 24.5 Å². The summed E-state index contributed by atoms with van der Waals surface area (Å²) in [4.78, 5) is 2.26. The van der Waals surface area contributed by atoms with Crippen LogP contribution in [0.5, 0.6) is 5.75 Å². The van der Waals surface area contributed by atoms with Gasteiger partial charge in [-0.25, -0.2) is 0 Å². The van der Waals surface area contributed by atoms with Gasteiger partial charge in [0.2, 0.25) is 0 Å². The Kier molecular flexibility index (Phi) is 4.75. The van der Waals surface area contributed by atoms with Crippen LogP contribution in [0, 0.1) is 0 Å². The predicted octanol–water partition coefficient (Wildman–Crippen LogP) is 3.22. The van der Waals surface area contributed by atoms with Crippen molar-refractivity contribution in [3.05, 3.63) is 23.8 Å². The molecule has 0 unspecified atom stereocenters. The lowest BCUT2D eigenvalue weighted by atomic mass is 10.2. The van der Waals surface area contributed by atoms with E-state index in [1.807, 2.05) is 0 Å². The van der Waals surface area contributed by atoms with Crippen LogP contribution in [0.1, 0.15) is 18.4 Å².